The van der Waals surface area contributed by atoms with E-state index in [9.17, 15) is 0 Å². The Labute approximate surface area is 134 Å². The van der Waals surface area contributed by atoms with E-state index in [0.29, 0.717) is 0 Å². The summed E-state index contributed by atoms with van der Waals surface area (Å²) in [4.78, 5) is 0. The molecule has 0 saturated heterocycles. The first kappa shape index (κ1) is 14.8. The molecule has 0 heterocycles. The van der Waals surface area contributed by atoms with Gasteiger partial charge in [0.25, 0.3) is 0 Å². The fourth-order valence-corrected chi connectivity index (χ4v) is 2.33. The second kappa shape index (κ2) is 7.26. The van der Waals surface area contributed by atoms with Gasteiger partial charge in [-0.2, -0.15) is 0 Å². The number of hydrogen-bond donors (Lipinski definition) is 1. The van der Waals surface area contributed by atoms with E-state index in [-0.39, 0.29) is 0 Å². The Morgan fingerprint density at radius 1 is 0.783 bits per heavy atom. The number of anilines is 1. The molecule has 0 aliphatic heterocycles. The predicted octanol–water partition coefficient (Wildman–Crippen LogP) is 6.05. The van der Waals surface area contributed by atoms with Crippen LogP contribution in [0.2, 0.25) is 0 Å². The van der Waals surface area contributed by atoms with Crippen molar-refractivity contribution in [3.05, 3.63) is 66.7 Å². The molecule has 0 aliphatic carbocycles. The first-order valence-corrected chi connectivity index (χ1v) is 7.51. The lowest BCUT2D eigenvalue weighted by Gasteiger charge is -2.09. The first-order valence-electron chi connectivity index (χ1n) is 7.51. The van der Waals surface area contributed by atoms with Gasteiger partial charge in [-0.3, -0.25) is 0 Å². The highest BCUT2D eigenvalue weighted by atomic mass is 15.5. The molecular weight excluding hydrogens is 286 g/mol. The molecule has 0 bridgehead atoms. The standard InChI is InChI=1S/C18H17N5/c1-2-19-17-13-12-14-8-6-7-11-16(14)18(17)21-23-22-20-15-9-4-3-5-10-15/h3-13,19H,2H2,1H3/b22-20+,23-21+. The zero-order chi connectivity index (χ0) is 15.9. The maximum Gasteiger partial charge on any atom is 0.118 e. The number of fused-ring (bicyclic) bond motifs is 1. The molecule has 0 spiro atoms. The number of nitrogens with zero attached hydrogens (tertiary/aromatic N) is 4. The molecule has 0 aromatic heterocycles. The first-order chi connectivity index (χ1) is 11.4. The predicted molar refractivity (Wildman–Crippen MR) is 93.6 cm³/mol. The van der Waals surface area contributed by atoms with E-state index < -0.39 is 0 Å². The van der Waals surface area contributed by atoms with Gasteiger partial charge in [0.15, 0.2) is 0 Å². The van der Waals surface area contributed by atoms with Crippen LogP contribution in [0.3, 0.4) is 0 Å². The maximum atomic E-state index is 4.27. The van der Waals surface area contributed by atoms with Gasteiger partial charge in [-0.1, -0.05) is 48.5 Å². The van der Waals surface area contributed by atoms with Crippen molar-refractivity contribution in [2.24, 2.45) is 20.7 Å². The minimum absolute atomic E-state index is 0.747. The molecule has 23 heavy (non-hydrogen) atoms. The summed E-state index contributed by atoms with van der Waals surface area (Å²) in [6.07, 6.45) is 0. The van der Waals surface area contributed by atoms with Gasteiger partial charge in [0.2, 0.25) is 0 Å². The molecule has 0 unspecified atom stereocenters. The summed E-state index contributed by atoms with van der Waals surface area (Å²) in [5, 5.41) is 21.4. The van der Waals surface area contributed by atoms with Crippen LogP contribution < -0.4 is 5.32 Å². The molecule has 0 fully saturated rings. The summed E-state index contributed by atoms with van der Waals surface area (Å²) in [6.45, 7) is 2.86. The Kier molecular flexibility index (Phi) is 4.69. The van der Waals surface area contributed by atoms with Crippen molar-refractivity contribution < 1.29 is 0 Å². The van der Waals surface area contributed by atoms with E-state index in [4.69, 9.17) is 0 Å². The van der Waals surface area contributed by atoms with E-state index in [1.165, 1.54) is 0 Å². The summed E-state index contributed by atoms with van der Waals surface area (Å²) in [5.74, 6) is 0. The lowest BCUT2D eigenvalue weighted by Crippen LogP contribution is -1.96. The van der Waals surface area contributed by atoms with Crippen LogP contribution in [0, 0.1) is 0 Å². The zero-order valence-corrected chi connectivity index (χ0v) is 12.8. The van der Waals surface area contributed by atoms with E-state index in [0.717, 1.165) is 34.4 Å². The highest BCUT2D eigenvalue weighted by molar-refractivity contribution is 5.98. The maximum absolute atomic E-state index is 4.27. The van der Waals surface area contributed by atoms with Crippen LogP contribution in [0.4, 0.5) is 17.1 Å². The highest BCUT2D eigenvalue weighted by Crippen LogP contribution is 2.34. The van der Waals surface area contributed by atoms with Crippen molar-refractivity contribution in [3.8, 4) is 0 Å². The topological polar surface area (TPSA) is 61.5 Å². The van der Waals surface area contributed by atoms with E-state index in [1.807, 2.05) is 61.5 Å². The minimum Gasteiger partial charge on any atom is -0.384 e. The van der Waals surface area contributed by atoms with Gasteiger partial charge in [0.1, 0.15) is 5.69 Å². The lowest BCUT2D eigenvalue weighted by molar-refractivity contribution is 0.960. The Hall–Kier alpha value is -3.08. The SMILES string of the molecule is CCNc1ccc2ccccc2c1/N=N/N=N/c1ccccc1. The molecule has 3 aromatic carbocycles. The molecule has 3 rings (SSSR count). The van der Waals surface area contributed by atoms with Crippen LogP contribution in [0.5, 0.6) is 0 Å². The Balaban J connectivity index is 1.92. The van der Waals surface area contributed by atoms with Crippen molar-refractivity contribution in [3.63, 3.8) is 0 Å². The van der Waals surface area contributed by atoms with Crippen molar-refractivity contribution in [2.45, 2.75) is 6.92 Å². The van der Waals surface area contributed by atoms with Crippen LogP contribution in [-0.4, -0.2) is 6.54 Å². The van der Waals surface area contributed by atoms with Gasteiger partial charge in [-0.15, -0.1) is 10.2 Å². The largest absolute Gasteiger partial charge is 0.384 e. The number of nitrogens with one attached hydrogen (secondary N) is 1. The molecule has 3 aromatic rings. The molecular formula is C18H17N5. The van der Waals surface area contributed by atoms with Gasteiger partial charge >= 0.3 is 0 Å². The summed E-state index contributed by atoms with van der Waals surface area (Å²) < 4.78 is 0. The van der Waals surface area contributed by atoms with E-state index >= 15 is 0 Å². The zero-order valence-electron chi connectivity index (χ0n) is 12.8. The molecule has 0 atom stereocenters. The third kappa shape index (κ3) is 3.58. The average molecular weight is 303 g/mol. The second-order valence-electron chi connectivity index (χ2n) is 4.93. The average Bonchev–Trinajstić information content (AvgIpc) is 2.61. The van der Waals surface area contributed by atoms with E-state index in [2.05, 4.69) is 38.1 Å². The van der Waals surface area contributed by atoms with Crippen molar-refractivity contribution in [1.82, 2.24) is 0 Å². The number of hydrogen-bond acceptors (Lipinski definition) is 3. The Morgan fingerprint density at radius 3 is 2.35 bits per heavy atom. The molecule has 0 aliphatic rings. The molecule has 5 heteroatoms. The Bertz CT molecular complexity index is 840. The fourth-order valence-electron chi connectivity index (χ4n) is 2.33. The Morgan fingerprint density at radius 2 is 1.52 bits per heavy atom. The van der Waals surface area contributed by atoms with E-state index in [1.54, 1.807) is 0 Å². The normalized spacial score (nSPS) is 11.5. The number of benzene rings is 3. The minimum atomic E-state index is 0.747. The monoisotopic (exact) mass is 303 g/mol. The van der Waals surface area contributed by atoms with Gasteiger partial charge in [-0.25, -0.2) is 0 Å². The van der Waals surface area contributed by atoms with Crippen molar-refractivity contribution in [2.75, 3.05) is 11.9 Å². The quantitative estimate of drug-likeness (QED) is 0.452. The number of rotatable bonds is 5. The molecule has 114 valence electrons. The van der Waals surface area contributed by atoms with Crippen molar-refractivity contribution in [1.29, 1.82) is 0 Å². The summed E-state index contributed by atoms with van der Waals surface area (Å²) >= 11 is 0. The van der Waals surface area contributed by atoms with Gasteiger partial charge in [0, 0.05) is 11.9 Å². The van der Waals surface area contributed by atoms with Crippen LogP contribution in [-0.2, 0) is 0 Å². The van der Waals surface area contributed by atoms with Crippen LogP contribution in [0.25, 0.3) is 10.8 Å². The highest BCUT2D eigenvalue weighted by Gasteiger charge is 2.06. The van der Waals surface area contributed by atoms with Crippen LogP contribution in [0.15, 0.2) is 87.4 Å². The molecule has 0 radical (unpaired) electrons. The van der Waals surface area contributed by atoms with Gasteiger partial charge in [-0.05, 0) is 41.0 Å². The summed E-state index contributed by atoms with van der Waals surface area (Å²) in [7, 11) is 0. The van der Waals surface area contributed by atoms with Gasteiger partial charge < -0.3 is 5.32 Å². The smallest absolute Gasteiger partial charge is 0.118 e. The third-order valence-electron chi connectivity index (χ3n) is 3.37. The summed E-state index contributed by atoms with van der Waals surface area (Å²) in [6, 6.07) is 21.6. The lowest BCUT2D eigenvalue weighted by atomic mass is 10.1. The van der Waals surface area contributed by atoms with Crippen LogP contribution in [0.1, 0.15) is 6.92 Å². The van der Waals surface area contributed by atoms with Crippen molar-refractivity contribution >= 4 is 27.8 Å². The molecule has 0 amide bonds. The van der Waals surface area contributed by atoms with Crippen LogP contribution >= 0.6 is 0 Å². The summed E-state index contributed by atoms with van der Waals surface area (Å²) in [5.41, 5.74) is 2.46. The van der Waals surface area contributed by atoms with Gasteiger partial charge in [0.05, 0.1) is 11.4 Å². The molecule has 5 nitrogen and oxygen atoms in total. The fraction of sp³-hybridized carbons (Fsp3) is 0.111. The second-order valence-corrected chi connectivity index (χ2v) is 4.93. The third-order valence-corrected chi connectivity index (χ3v) is 3.37. The molecule has 0 saturated carbocycles. The molecule has 1 N–H and O–H groups in total.